The van der Waals surface area contributed by atoms with Crippen LogP contribution in [0.25, 0.3) is 0 Å². The zero-order valence-corrected chi connectivity index (χ0v) is 13.9. The summed E-state index contributed by atoms with van der Waals surface area (Å²) in [5.41, 5.74) is 3.26. The van der Waals surface area contributed by atoms with Gasteiger partial charge in [-0.15, -0.1) is 0 Å². The van der Waals surface area contributed by atoms with Crippen molar-refractivity contribution in [3.63, 3.8) is 0 Å². The number of carbonyl (C=O) groups excluding carboxylic acids is 1. The summed E-state index contributed by atoms with van der Waals surface area (Å²) in [6, 6.07) is 3.55. The molecule has 0 aromatic carbocycles. The van der Waals surface area contributed by atoms with Crippen LogP contribution >= 0.6 is 0 Å². The molecule has 2 aromatic rings. The van der Waals surface area contributed by atoms with Crippen molar-refractivity contribution in [2.75, 3.05) is 12.8 Å². The number of hydrogen-bond donors (Lipinski definition) is 2. The summed E-state index contributed by atoms with van der Waals surface area (Å²) < 4.78 is 26.7. The average Bonchev–Trinajstić information content (AvgIpc) is 3.12. The smallest absolute Gasteiger partial charge is 0.270 e. The van der Waals surface area contributed by atoms with Gasteiger partial charge in [-0.25, -0.2) is 13.1 Å². The number of hydrogen-bond acceptors (Lipinski definition) is 4. The second-order valence-electron chi connectivity index (χ2n) is 5.65. The summed E-state index contributed by atoms with van der Waals surface area (Å²) in [6.45, 7) is 1.23. The number of nitrogens with zero attached hydrogens (tertiary/aromatic N) is 3. The number of fused-ring (bicyclic) bond motifs is 1. The number of nitrogens with one attached hydrogen (secondary N) is 2. The van der Waals surface area contributed by atoms with Gasteiger partial charge in [0.05, 0.1) is 30.7 Å². The minimum atomic E-state index is -3.26. The fraction of sp³-hybridized carbons (Fsp3) is 0.429. The maximum Gasteiger partial charge on any atom is 0.270 e. The fourth-order valence-corrected chi connectivity index (χ4v) is 3.20. The number of aromatic amines is 1. The van der Waals surface area contributed by atoms with Crippen LogP contribution in [0.1, 0.15) is 27.4 Å². The lowest BCUT2D eigenvalue weighted by atomic mass is 10.0. The molecule has 0 saturated carbocycles. The molecule has 0 saturated heterocycles. The van der Waals surface area contributed by atoms with E-state index in [0.29, 0.717) is 25.2 Å². The van der Waals surface area contributed by atoms with Gasteiger partial charge in [0.15, 0.2) is 0 Å². The third-order valence-electron chi connectivity index (χ3n) is 3.95. The molecule has 0 radical (unpaired) electrons. The van der Waals surface area contributed by atoms with E-state index in [1.54, 1.807) is 27.9 Å². The molecule has 1 aliphatic heterocycles. The topological polar surface area (TPSA) is 100 Å². The molecule has 23 heavy (non-hydrogen) atoms. The number of amides is 1. The highest BCUT2D eigenvalue weighted by Gasteiger charge is 2.27. The van der Waals surface area contributed by atoms with E-state index >= 15 is 0 Å². The molecule has 1 amide bonds. The second-order valence-corrected chi connectivity index (χ2v) is 7.48. The lowest BCUT2D eigenvalue weighted by molar-refractivity contribution is 0.0725. The summed E-state index contributed by atoms with van der Waals surface area (Å²) in [4.78, 5) is 17.1. The molecule has 0 atom stereocenters. The van der Waals surface area contributed by atoms with E-state index in [2.05, 4.69) is 14.8 Å². The van der Waals surface area contributed by atoms with E-state index in [9.17, 15) is 13.2 Å². The first-order chi connectivity index (χ1) is 10.8. The Morgan fingerprint density at radius 1 is 1.48 bits per heavy atom. The van der Waals surface area contributed by atoms with Crippen LogP contribution in [0.3, 0.4) is 0 Å². The Hall–Kier alpha value is -2.13. The van der Waals surface area contributed by atoms with Gasteiger partial charge in [0.25, 0.3) is 5.91 Å². The van der Waals surface area contributed by atoms with E-state index in [4.69, 9.17) is 0 Å². The molecule has 9 heteroatoms. The highest BCUT2D eigenvalue weighted by Crippen LogP contribution is 2.23. The Bertz CT molecular complexity index is 823. The number of H-pyrrole nitrogens is 1. The Kier molecular flexibility index (Phi) is 3.99. The first kappa shape index (κ1) is 15.8. The first-order valence-electron chi connectivity index (χ1n) is 7.26. The molecule has 2 aromatic heterocycles. The molecule has 124 valence electrons. The van der Waals surface area contributed by atoms with Crippen LogP contribution < -0.4 is 4.72 Å². The molecule has 3 heterocycles. The van der Waals surface area contributed by atoms with Crippen LogP contribution in [-0.4, -0.2) is 46.8 Å². The van der Waals surface area contributed by atoms with Crippen molar-refractivity contribution in [3.05, 3.63) is 41.0 Å². The van der Waals surface area contributed by atoms with Crippen LogP contribution in [0.2, 0.25) is 0 Å². The van der Waals surface area contributed by atoms with Gasteiger partial charge in [-0.2, -0.15) is 5.10 Å². The zero-order valence-electron chi connectivity index (χ0n) is 13.0. The average molecular weight is 337 g/mol. The standard InChI is InChI=1S/C14H19N5O3S/c1-18-13-9-19(14(20)11-4-3-6-15-11)7-5-10(13)12(17-18)8-16-23(2,21)22/h3-4,6,15-16H,5,7-9H2,1-2H3. The summed E-state index contributed by atoms with van der Waals surface area (Å²) in [5, 5.41) is 4.40. The Labute approximate surface area is 134 Å². The van der Waals surface area contributed by atoms with Crippen LogP contribution in [0.5, 0.6) is 0 Å². The molecular weight excluding hydrogens is 318 g/mol. The van der Waals surface area contributed by atoms with Gasteiger partial charge in [0.2, 0.25) is 10.0 Å². The zero-order chi connectivity index (χ0) is 16.6. The highest BCUT2D eigenvalue weighted by molar-refractivity contribution is 7.88. The lowest BCUT2D eigenvalue weighted by Gasteiger charge is -2.27. The minimum Gasteiger partial charge on any atom is -0.357 e. The predicted octanol–water partition coefficient (Wildman–Crippen LogP) is -0.00410. The van der Waals surface area contributed by atoms with Crippen molar-refractivity contribution < 1.29 is 13.2 Å². The van der Waals surface area contributed by atoms with Gasteiger partial charge >= 0.3 is 0 Å². The van der Waals surface area contributed by atoms with Gasteiger partial charge < -0.3 is 9.88 Å². The number of aromatic nitrogens is 3. The lowest BCUT2D eigenvalue weighted by Crippen LogP contribution is -2.37. The van der Waals surface area contributed by atoms with Gasteiger partial charge in [0, 0.05) is 25.4 Å². The Morgan fingerprint density at radius 2 is 2.26 bits per heavy atom. The molecule has 3 rings (SSSR count). The monoisotopic (exact) mass is 337 g/mol. The molecule has 0 aliphatic carbocycles. The molecule has 1 aliphatic rings. The van der Waals surface area contributed by atoms with E-state index in [-0.39, 0.29) is 12.5 Å². The van der Waals surface area contributed by atoms with Crippen LogP contribution in [0, 0.1) is 0 Å². The van der Waals surface area contributed by atoms with Gasteiger partial charge in [-0.3, -0.25) is 9.48 Å². The number of sulfonamides is 1. The number of aryl methyl sites for hydroxylation is 1. The van der Waals surface area contributed by atoms with Crippen LogP contribution in [0.15, 0.2) is 18.3 Å². The van der Waals surface area contributed by atoms with Gasteiger partial charge in [-0.1, -0.05) is 0 Å². The Balaban J connectivity index is 1.79. The minimum absolute atomic E-state index is 0.0438. The number of rotatable bonds is 4. The van der Waals surface area contributed by atoms with Crippen molar-refractivity contribution in [3.8, 4) is 0 Å². The van der Waals surface area contributed by atoms with E-state index in [1.165, 1.54) is 0 Å². The predicted molar refractivity (Wildman–Crippen MR) is 84.1 cm³/mol. The van der Waals surface area contributed by atoms with E-state index in [1.807, 2.05) is 7.05 Å². The summed E-state index contributed by atoms with van der Waals surface area (Å²) in [6.07, 6.45) is 3.51. The summed E-state index contributed by atoms with van der Waals surface area (Å²) in [5.74, 6) is -0.0438. The van der Waals surface area contributed by atoms with Crippen molar-refractivity contribution in [1.29, 1.82) is 0 Å². The highest BCUT2D eigenvalue weighted by atomic mass is 32.2. The molecular formula is C14H19N5O3S. The Morgan fingerprint density at radius 3 is 2.91 bits per heavy atom. The molecule has 8 nitrogen and oxygen atoms in total. The molecule has 0 spiro atoms. The SMILES string of the molecule is Cn1nc(CNS(C)(=O)=O)c2c1CN(C(=O)c1ccc[nH]1)CC2. The second kappa shape index (κ2) is 5.82. The maximum atomic E-state index is 12.4. The third kappa shape index (κ3) is 3.30. The largest absolute Gasteiger partial charge is 0.357 e. The van der Waals surface area contributed by atoms with Crippen LogP contribution in [0.4, 0.5) is 0 Å². The van der Waals surface area contributed by atoms with Crippen molar-refractivity contribution in [1.82, 2.24) is 24.4 Å². The van der Waals surface area contributed by atoms with Crippen molar-refractivity contribution >= 4 is 15.9 Å². The quantitative estimate of drug-likeness (QED) is 0.820. The van der Waals surface area contributed by atoms with E-state index in [0.717, 1.165) is 23.2 Å². The fourth-order valence-electron chi connectivity index (χ4n) is 2.81. The first-order valence-corrected chi connectivity index (χ1v) is 9.15. The van der Waals surface area contributed by atoms with Gasteiger partial charge in [0.1, 0.15) is 5.69 Å². The maximum absolute atomic E-state index is 12.4. The molecule has 0 bridgehead atoms. The third-order valence-corrected chi connectivity index (χ3v) is 4.62. The normalized spacial score (nSPS) is 14.8. The molecule has 2 N–H and O–H groups in total. The van der Waals surface area contributed by atoms with Gasteiger partial charge in [-0.05, 0) is 18.6 Å². The summed E-state index contributed by atoms with van der Waals surface area (Å²) >= 11 is 0. The number of carbonyl (C=O) groups is 1. The molecule has 0 unspecified atom stereocenters. The van der Waals surface area contributed by atoms with Crippen molar-refractivity contribution in [2.45, 2.75) is 19.5 Å². The van der Waals surface area contributed by atoms with E-state index < -0.39 is 10.0 Å². The van der Waals surface area contributed by atoms with Crippen molar-refractivity contribution in [2.24, 2.45) is 7.05 Å². The molecule has 0 fully saturated rings. The van der Waals surface area contributed by atoms with Crippen LogP contribution in [-0.2, 0) is 36.6 Å². The summed E-state index contributed by atoms with van der Waals surface area (Å²) in [7, 11) is -1.45.